The van der Waals surface area contributed by atoms with Crippen molar-refractivity contribution in [2.24, 2.45) is 0 Å². The Morgan fingerprint density at radius 1 is 0.941 bits per heavy atom. The molecule has 17 heavy (non-hydrogen) atoms. The third kappa shape index (κ3) is 3.16. The molecule has 0 fully saturated rings. The van der Waals surface area contributed by atoms with Crippen molar-refractivity contribution in [1.29, 1.82) is 0 Å². The second-order valence-electron chi connectivity index (χ2n) is 4.60. The van der Waals surface area contributed by atoms with Crippen LogP contribution < -0.4 is 0 Å². The molecule has 0 radical (unpaired) electrons. The van der Waals surface area contributed by atoms with Crippen LogP contribution in [-0.2, 0) is 4.79 Å². The molecular formula is C14H19NO2. The van der Waals surface area contributed by atoms with Crippen LogP contribution in [0.3, 0.4) is 0 Å². The smallest absolute Gasteiger partial charge is 0.295 e. The summed E-state index contributed by atoms with van der Waals surface area (Å²) in [6.07, 6.45) is 0. The molecule has 0 heterocycles. The Labute approximate surface area is 102 Å². The highest BCUT2D eigenvalue weighted by Crippen LogP contribution is 2.10. The van der Waals surface area contributed by atoms with E-state index < -0.39 is 11.7 Å². The SMILES string of the molecule is CC(C)N(C(=O)C(=O)c1ccccc1)C(C)C. The van der Waals surface area contributed by atoms with Crippen molar-refractivity contribution in [2.45, 2.75) is 39.8 Å². The van der Waals surface area contributed by atoms with Gasteiger partial charge in [-0.1, -0.05) is 30.3 Å². The highest BCUT2D eigenvalue weighted by molar-refractivity contribution is 6.42. The minimum atomic E-state index is -0.437. The molecule has 1 aromatic rings. The molecule has 3 nitrogen and oxygen atoms in total. The first-order chi connectivity index (χ1) is 7.95. The Hall–Kier alpha value is -1.64. The maximum Gasteiger partial charge on any atom is 0.295 e. The van der Waals surface area contributed by atoms with Crippen molar-refractivity contribution in [1.82, 2.24) is 4.90 Å². The molecule has 1 aromatic carbocycles. The van der Waals surface area contributed by atoms with Crippen molar-refractivity contribution in [2.75, 3.05) is 0 Å². The molecule has 0 aliphatic rings. The predicted octanol–water partition coefficient (Wildman–Crippen LogP) is 2.51. The van der Waals surface area contributed by atoms with Crippen LogP contribution in [0, 0.1) is 0 Å². The largest absolute Gasteiger partial charge is 0.331 e. The average Bonchev–Trinajstić information content (AvgIpc) is 2.28. The molecule has 0 bridgehead atoms. The van der Waals surface area contributed by atoms with Gasteiger partial charge in [0, 0.05) is 17.6 Å². The highest BCUT2D eigenvalue weighted by Gasteiger charge is 2.26. The summed E-state index contributed by atoms with van der Waals surface area (Å²) in [7, 11) is 0. The minimum Gasteiger partial charge on any atom is -0.331 e. The van der Waals surface area contributed by atoms with Gasteiger partial charge in [-0.05, 0) is 27.7 Å². The van der Waals surface area contributed by atoms with Crippen LogP contribution in [0.5, 0.6) is 0 Å². The zero-order valence-corrected chi connectivity index (χ0v) is 10.8. The highest BCUT2D eigenvalue weighted by atomic mass is 16.2. The number of carbonyl (C=O) groups excluding carboxylic acids is 2. The molecule has 0 saturated carbocycles. The van der Waals surface area contributed by atoms with Crippen LogP contribution in [0.25, 0.3) is 0 Å². The van der Waals surface area contributed by atoms with Gasteiger partial charge >= 0.3 is 0 Å². The molecule has 0 atom stereocenters. The van der Waals surface area contributed by atoms with Gasteiger partial charge in [0.1, 0.15) is 0 Å². The number of hydrogen-bond acceptors (Lipinski definition) is 2. The van der Waals surface area contributed by atoms with E-state index in [1.807, 2.05) is 33.8 Å². The molecule has 0 aliphatic carbocycles. The normalized spacial score (nSPS) is 10.7. The number of hydrogen-bond donors (Lipinski definition) is 0. The van der Waals surface area contributed by atoms with Crippen LogP contribution in [0.2, 0.25) is 0 Å². The van der Waals surface area contributed by atoms with Gasteiger partial charge in [0.15, 0.2) is 0 Å². The zero-order valence-electron chi connectivity index (χ0n) is 10.8. The van der Waals surface area contributed by atoms with E-state index in [2.05, 4.69) is 0 Å². The van der Waals surface area contributed by atoms with Crippen molar-refractivity contribution < 1.29 is 9.59 Å². The number of rotatable bonds is 4. The van der Waals surface area contributed by atoms with Crippen LogP contribution in [-0.4, -0.2) is 28.7 Å². The lowest BCUT2D eigenvalue weighted by molar-refractivity contribution is -0.129. The predicted molar refractivity (Wildman–Crippen MR) is 67.9 cm³/mol. The zero-order chi connectivity index (χ0) is 13.0. The van der Waals surface area contributed by atoms with Gasteiger partial charge in [-0.3, -0.25) is 9.59 Å². The summed E-state index contributed by atoms with van der Waals surface area (Å²) in [5, 5.41) is 0. The third-order valence-corrected chi connectivity index (χ3v) is 2.58. The summed E-state index contributed by atoms with van der Waals surface area (Å²) in [4.78, 5) is 25.7. The lowest BCUT2D eigenvalue weighted by atomic mass is 10.1. The van der Waals surface area contributed by atoms with Gasteiger partial charge in [0.2, 0.25) is 5.78 Å². The fraction of sp³-hybridized carbons (Fsp3) is 0.429. The quantitative estimate of drug-likeness (QED) is 0.592. The van der Waals surface area contributed by atoms with Crippen LogP contribution in [0.1, 0.15) is 38.1 Å². The molecule has 0 aliphatic heterocycles. The first-order valence-corrected chi connectivity index (χ1v) is 5.87. The molecular weight excluding hydrogens is 214 g/mol. The molecule has 0 spiro atoms. The van der Waals surface area contributed by atoms with Crippen molar-refractivity contribution in [3.63, 3.8) is 0 Å². The molecule has 0 unspecified atom stereocenters. The standard InChI is InChI=1S/C14H19NO2/c1-10(2)15(11(3)4)14(17)13(16)12-8-6-5-7-9-12/h5-11H,1-4H3. The summed E-state index contributed by atoms with van der Waals surface area (Å²) in [6, 6.07) is 8.72. The Balaban J connectivity index is 2.93. The van der Waals surface area contributed by atoms with E-state index >= 15 is 0 Å². The van der Waals surface area contributed by atoms with Crippen LogP contribution >= 0.6 is 0 Å². The number of amides is 1. The fourth-order valence-corrected chi connectivity index (χ4v) is 1.90. The Bertz CT molecular complexity index is 388. The van der Waals surface area contributed by atoms with Crippen molar-refractivity contribution in [3.8, 4) is 0 Å². The Morgan fingerprint density at radius 3 is 1.82 bits per heavy atom. The first kappa shape index (κ1) is 13.4. The van der Waals surface area contributed by atoms with Gasteiger partial charge in [-0.15, -0.1) is 0 Å². The molecule has 0 aromatic heterocycles. The van der Waals surface area contributed by atoms with Gasteiger partial charge < -0.3 is 4.90 Å². The van der Waals surface area contributed by atoms with E-state index in [0.717, 1.165) is 0 Å². The van der Waals surface area contributed by atoms with Gasteiger partial charge in [0.05, 0.1) is 0 Å². The number of Topliss-reactive ketones (excluding diaryl/α,β-unsaturated/α-hetero) is 1. The van der Waals surface area contributed by atoms with Gasteiger partial charge in [-0.25, -0.2) is 0 Å². The van der Waals surface area contributed by atoms with E-state index in [1.54, 1.807) is 29.2 Å². The summed E-state index contributed by atoms with van der Waals surface area (Å²) in [6.45, 7) is 7.65. The summed E-state index contributed by atoms with van der Waals surface area (Å²) in [5.41, 5.74) is 0.448. The average molecular weight is 233 g/mol. The Kier molecular flexibility index (Phi) is 4.44. The minimum absolute atomic E-state index is 0.0233. The molecule has 1 rings (SSSR count). The second-order valence-corrected chi connectivity index (χ2v) is 4.60. The lowest BCUT2D eigenvalue weighted by Gasteiger charge is -2.30. The number of benzene rings is 1. The molecule has 3 heteroatoms. The van der Waals surface area contributed by atoms with E-state index in [0.29, 0.717) is 5.56 Å². The molecule has 92 valence electrons. The number of nitrogens with zero attached hydrogens (tertiary/aromatic N) is 1. The van der Waals surface area contributed by atoms with Crippen LogP contribution in [0.4, 0.5) is 0 Å². The molecule has 1 amide bonds. The maximum absolute atomic E-state index is 12.1. The topological polar surface area (TPSA) is 37.4 Å². The monoisotopic (exact) mass is 233 g/mol. The maximum atomic E-state index is 12.1. The lowest BCUT2D eigenvalue weighted by Crippen LogP contribution is -2.45. The van der Waals surface area contributed by atoms with Crippen LogP contribution in [0.15, 0.2) is 30.3 Å². The van der Waals surface area contributed by atoms with E-state index in [1.165, 1.54) is 0 Å². The number of ketones is 1. The number of carbonyl (C=O) groups is 2. The van der Waals surface area contributed by atoms with E-state index in [9.17, 15) is 9.59 Å². The second kappa shape index (κ2) is 5.62. The molecule has 0 saturated heterocycles. The Morgan fingerprint density at radius 2 is 1.41 bits per heavy atom. The van der Waals surface area contributed by atoms with Crippen molar-refractivity contribution >= 4 is 11.7 Å². The van der Waals surface area contributed by atoms with Crippen molar-refractivity contribution in [3.05, 3.63) is 35.9 Å². The summed E-state index contributed by atoms with van der Waals surface area (Å²) in [5.74, 6) is -0.866. The third-order valence-electron chi connectivity index (χ3n) is 2.58. The first-order valence-electron chi connectivity index (χ1n) is 5.87. The summed E-state index contributed by atoms with van der Waals surface area (Å²) >= 11 is 0. The van der Waals surface area contributed by atoms with Gasteiger partial charge in [0.25, 0.3) is 5.91 Å². The van der Waals surface area contributed by atoms with Gasteiger partial charge in [-0.2, -0.15) is 0 Å². The fourth-order valence-electron chi connectivity index (χ4n) is 1.90. The van der Waals surface area contributed by atoms with E-state index in [4.69, 9.17) is 0 Å². The molecule has 0 N–H and O–H groups in total. The van der Waals surface area contributed by atoms with E-state index in [-0.39, 0.29) is 12.1 Å². The summed E-state index contributed by atoms with van der Waals surface area (Å²) < 4.78 is 0.